The van der Waals surface area contributed by atoms with E-state index in [1.807, 2.05) is 24.3 Å². The second-order valence-corrected chi connectivity index (χ2v) is 4.78. The van der Waals surface area contributed by atoms with Gasteiger partial charge in [-0.25, -0.2) is 0 Å². The van der Waals surface area contributed by atoms with Gasteiger partial charge in [-0.05, 0) is 11.6 Å². The normalized spacial score (nSPS) is 10.4. The summed E-state index contributed by atoms with van der Waals surface area (Å²) in [7, 11) is 0. The van der Waals surface area contributed by atoms with Crippen molar-refractivity contribution in [2.45, 2.75) is 13.1 Å². The van der Waals surface area contributed by atoms with Crippen molar-refractivity contribution in [2.24, 2.45) is 5.73 Å². The van der Waals surface area contributed by atoms with E-state index in [-0.39, 0.29) is 5.91 Å². The fraction of sp³-hybridized carbons (Fsp3) is 0.250. The molecule has 0 aliphatic heterocycles. The minimum absolute atomic E-state index is 0.251. The quantitative estimate of drug-likeness (QED) is 0.857. The summed E-state index contributed by atoms with van der Waals surface area (Å²) in [6.45, 7) is 1.44. The van der Waals surface area contributed by atoms with Crippen molar-refractivity contribution in [1.82, 2.24) is 20.3 Å². The summed E-state index contributed by atoms with van der Waals surface area (Å²) in [6, 6.07) is 7.71. The number of hydrogen-bond donors (Lipinski definition) is 2. The number of carbonyl (C=O) groups is 1. The molecule has 1 heterocycles. The fourth-order valence-electron chi connectivity index (χ4n) is 1.55. The van der Waals surface area contributed by atoms with Gasteiger partial charge in [-0.3, -0.25) is 9.48 Å². The van der Waals surface area contributed by atoms with Crippen LogP contribution in [0.25, 0.3) is 0 Å². The molecule has 2 aromatic rings. The molecular formula is C12H14BrN5O. The first-order valence-electron chi connectivity index (χ1n) is 5.82. The summed E-state index contributed by atoms with van der Waals surface area (Å²) in [5.74, 6) is -0.251. The minimum atomic E-state index is -0.251. The molecule has 3 N–H and O–H groups in total. The van der Waals surface area contributed by atoms with Gasteiger partial charge in [0, 0.05) is 17.6 Å². The number of carbonyl (C=O) groups excluding carboxylic acids is 1. The van der Waals surface area contributed by atoms with Crippen LogP contribution in [0.3, 0.4) is 0 Å². The Morgan fingerprint density at radius 3 is 2.95 bits per heavy atom. The molecule has 0 unspecified atom stereocenters. The Balaban J connectivity index is 1.95. The van der Waals surface area contributed by atoms with Gasteiger partial charge in [0.05, 0.1) is 12.7 Å². The number of aromatic nitrogens is 3. The second-order valence-electron chi connectivity index (χ2n) is 3.93. The highest BCUT2D eigenvalue weighted by molar-refractivity contribution is 9.10. The van der Waals surface area contributed by atoms with Gasteiger partial charge in [0.2, 0.25) is 0 Å². The lowest BCUT2D eigenvalue weighted by Crippen LogP contribution is -2.23. The number of amides is 1. The molecule has 0 atom stereocenters. The van der Waals surface area contributed by atoms with Gasteiger partial charge in [-0.2, -0.15) is 0 Å². The lowest BCUT2D eigenvalue weighted by Gasteiger charge is -2.05. The predicted molar refractivity (Wildman–Crippen MR) is 74.4 cm³/mol. The zero-order valence-corrected chi connectivity index (χ0v) is 11.8. The van der Waals surface area contributed by atoms with Crippen LogP contribution in [0.1, 0.15) is 16.1 Å². The molecule has 1 aromatic carbocycles. The molecule has 7 heteroatoms. The molecule has 0 radical (unpaired) electrons. The minimum Gasteiger partial charge on any atom is -0.346 e. The van der Waals surface area contributed by atoms with Gasteiger partial charge in [0.25, 0.3) is 5.91 Å². The molecule has 0 saturated heterocycles. The van der Waals surface area contributed by atoms with Crippen molar-refractivity contribution in [2.75, 3.05) is 6.54 Å². The highest BCUT2D eigenvalue weighted by Crippen LogP contribution is 2.15. The van der Waals surface area contributed by atoms with E-state index in [1.54, 1.807) is 10.9 Å². The summed E-state index contributed by atoms with van der Waals surface area (Å²) in [6.07, 6.45) is 1.59. The van der Waals surface area contributed by atoms with Gasteiger partial charge in [-0.1, -0.05) is 39.3 Å². The van der Waals surface area contributed by atoms with E-state index in [9.17, 15) is 4.79 Å². The van der Waals surface area contributed by atoms with Crippen LogP contribution in [0.4, 0.5) is 0 Å². The van der Waals surface area contributed by atoms with E-state index >= 15 is 0 Å². The topological polar surface area (TPSA) is 85.8 Å². The Bertz CT molecular complexity index is 569. The Morgan fingerprint density at radius 2 is 2.21 bits per heavy atom. The number of hydrogen-bond acceptors (Lipinski definition) is 4. The molecule has 19 heavy (non-hydrogen) atoms. The van der Waals surface area contributed by atoms with Gasteiger partial charge >= 0.3 is 0 Å². The van der Waals surface area contributed by atoms with E-state index in [0.29, 0.717) is 25.3 Å². The first kappa shape index (κ1) is 13.7. The average molecular weight is 324 g/mol. The molecule has 0 spiro atoms. The summed E-state index contributed by atoms with van der Waals surface area (Å²) in [4.78, 5) is 11.9. The molecule has 1 aromatic heterocycles. The average Bonchev–Trinajstić information content (AvgIpc) is 2.87. The molecule has 0 fully saturated rings. The SMILES string of the molecule is NCCn1cc(C(=O)NCc2ccccc2Br)nn1. The van der Waals surface area contributed by atoms with Crippen molar-refractivity contribution in [3.63, 3.8) is 0 Å². The van der Waals surface area contributed by atoms with E-state index in [4.69, 9.17) is 5.73 Å². The Kier molecular flexibility index (Phi) is 4.64. The van der Waals surface area contributed by atoms with Crippen molar-refractivity contribution >= 4 is 21.8 Å². The zero-order valence-electron chi connectivity index (χ0n) is 10.2. The van der Waals surface area contributed by atoms with Crippen molar-refractivity contribution in [1.29, 1.82) is 0 Å². The predicted octanol–water partition coefficient (Wildman–Crippen LogP) is 0.929. The lowest BCUT2D eigenvalue weighted by molar-refractivity contribution is 0.0945. The molecular weight excluding hydrogens is 310 g/mol. The molecule has 1 amide bonds. The molecule has 0 saturated carbocycles. The van der Waals surface area contributed by atoms with Crippen LogP contribution in [-0.2, 0) is 13.1 Å². The summed E-state index contributed by atoms with van der Waals surface area (Å²) < 4.78 is 2.51. The van der Waals surface area contributed by atoms with Gasteiger partial charge in [0.1, 0.15) is 0 Å². The van der Waals surface area contributed by atoms with Crippen LogP contribution in [0.2, 0.25) is 0 Å². The lowest BCUT2D eigenvalue weighted by atomic mass is 10.2. The molecule has 0 aliphatic carbocycles. The van der Waals surface area contributed by atoms with E-state index in [0.717, 1.165) is 10.0 Å². The number of nitrogens with one attached hydrogen (secondary N) is 1. The number of rotatable bonds is 5. The number of halogens is 1. The van der Waals surface area contributed by atoms with Crippen LogP contribution in [-0.4, -0.2) is 27.4 Å². The monoisotopic (exact) mass is 323 g/mol. The smallest absolute Gasteiger partial charge is 0.273 e. The summed E-state index contributed by atoms with van der Waals surface area (Å²) in [5, 5.41) is 10.4. The van der Waals surface area contributed by atoms with Crippen LogP contribution < -0.4 is 11.1 Å². The van der Waals surface area contributed by atoms with E-state index < -0.39 is 0 Å². The maximum atomic E-state index is 11.9. The Labute approximate surface area is 119 Å². The second kappa shape index (κ2) is 6.44. The van der Waals surface area contributed by atoms with Gasteiger partial charge < -0.3 is 11.1 Å². The summed E-state index contributed by atoms with van der Waals surface area (Å²) >= 11 is 3.43. The Morgan fingerprint density at radius 1 is 1.42 bits per heavy atom. The third-order valence-electron chi connectivity index (χ3n) is 2.53. The first-order valence-corrected chi connectivity index (χ1v) is 6.62. The number of nitrogens with two attached hydrogens (primary N) is 1. The molecule has 0 bridgehead atoms. The van der Waals surface area contributed by atoms with E-state index in [1.165, 1.54) is 0 Å². The third-order valence-corrected chi connectivity index (χ3v) is 3.30. The van der Waals surface area contributed by atoms with Crippen LogP contribution in [0, 0.1) is 0 Å². The summed E-state index contributed by atoms with van der Waals surface area (Å²) in [5.41, 5.74) is 6.70. The largest absolute Gasteiger partial charge is 0.346 e. The van der Waals surface area contributed by atoms with Crippen molar-refractivity contribution < 1.29 is 4.79 Å². The number of benzene rings is 1. The maximum absolute atomic E-state index is 11.9. The first-order chi connectivity index (χ1) is 9.20. The standard InChI is InChI=1S/C12H14BrN5O/c13-10-4-2-1-3-9(10)7-15-12(19)11-8-18(6-5-14)17-16-11/h1-4,8H,5-7,14H2,(H,15,19). The Hall–Kier alpha value is -1.73. The van der Waals surface area contributed by atoms with Crippen LogP contribution in [0.15, 0.2) is 34.9 Å². The molecule has 100 valence electrons. The van der Waals surface area contributed by atoms with Crippen molar-refractivity contribution in [3.8, 4) is 0 Å². The molecule has 6 nitrogen and oxygen atoms in total. The fourth-order valence-corrected chi connectivity index (χ4v) is 1.98. The van der Waals surface area contributed by atoms with Crippen molar-refractivity contribution in [3.05, 3.63) is 46.2 Å². The number of nitrogens with zero attached hydrogens (tertiary/aromatic N) is 3. The molecule has 0 aliphatic rings. The van der Waals surface area contributed by atoms with Gasteiger partial charge in [0.15, 0.2) is 5.69 Å². The van der Waals surface area contributed by atoms with Crippen LogP contribution in [0.5, 0.6) is 0 Å². The zero-order chi connectivity index (χ0) is 13.7. The highest BCUT2D eigenvalue weighted by Gasteiger charge is 2.10. The van der Waals surface area contributed by atoms with Gasteiger partial charge in [-0.15, -0.1) is 5.10 Å². The highest BCUT2D eigenvalue weighted by atomic mass is 79.9. The molecule has 2 rings (SSSR count). The third kappa shape index (κ3) is 3.62. The van der Waals surface area contributed by atoms with Crippen LogP contribution >= 0.6 is 15.9 Å². The maximum Gasteiger partial charge on any atom is 0.273 e. The van der Waals surface area contributed by atoms with E-state index in [2.05, 4.69) is 31.6 Å².